The number of carbonyl (C=O) groups is 1. The molecule has 0 fully saturated rings. The van der Waals surface area contributed by atoms with Gasteiger partial charge in [-0.25, -0.2) is 4.98 Å². The molecule has 4 rings (SSSR count). The molecule has 0 atom stereocenters. The van der Waals surface area contributed by atoms with Crippen LogP contribution in [-0.4, -0.2) is 22.4 Å². The zero-order valence-corrected chi connectivity index (χ0v) is 17.4. The number of nitrogens with one attached hydrogen (secondary N) is 2. The van der Waals surface area contributed by atoms with Crippen molar-refractivity contribution in [3.63, 3.8) is 0 Å². The van der Waals surface area contributed by atoms with E-state index in [1.165, 1.54) is 12.1 Å². The third kappa shape index (κ3) is 5.26. The van der Waals surface area contributed by atoms with Gasteiger partial charge in [-0.05, 0) is 42.8 Å². The molecule has 0 saturated heterocycles. The largest absolute Gasteiger partial charge is 0.457 e. The van der Waals surface area contributed by atoms with Crippen molar-refractivity contribution in [1.29, 1.82) is 0 Å². The van der Waals surface area contributed by atoms with Crippen LogP contribution in [0.3, 0.4) is 0 Å². The van der Waals surface area contributed by atoms with Crippen LogP contribution >= 0.6 is 11.3 Å². The third-order valence-corrected chi connectivity index (χ3v) is 5.66. The van der Waals surface area contributed by atoms with E-state index in [4.69, 9.17) is 4.42 Å². The molecule has 0 saturated carbocycles. The number of anilines is 1. The van der Waals surface area contributed by atoms with E-state index < -0.39 is 4.92 Å². The Bertz CT molecular complexity index is 1170. The van der Waals surface area contributed by atoms with Crippen LogP contribution in [0.2, 0.25) is 0 Å². The lowest BCUT2D eigenvalue weighted by Crippen LogP contribution is -2.22. The predicted molar refractivity (Wildman–Crippen MR) is 120 cm³/mol. The minimum Gasteiger partial charge on any atom is -0.457 e. The van der Waals surface area contributed by atoms with Gasteiger partial charge in [-0.1, -0.05) is 12.1 Å². The van der Waals surface area contributed by atoms with Gasteiger partial charge in [0.1, 0.15) is 5.76 Å². The summed E-state index contributed by atoms with van der Waals surface area (Å²) in [4.78, 5) is 26.9. The maximum Gasteiger partial charge on any atom is 0.269 e. The van der Waals surface area contributed by atoms with Crippen molar-refractivity contribution in [3.05, 3.63) is 76.5 Å². The summed E-state index contributed by atoms with van der Waals surface area (Å²) in [5, 5.41) is 17.5. The molecular weight excluding hydrogens is 416 g/mol. The number of thiazole rings is 1. The molecule has 0 aliphatic rings. The highest BCUT2D eigenvalue weighted by Gasteiger charge is 2.11. The number of benzene rings is 2. The van der Waals surface area contributed by atoms with Crippen LogP contribution in [0.4, 0.5) is 11.4 Å². The molecule has 31 heavy (non-hydrogen) atoms. The molecule has 0 radical (unpaired) electrons. The number of rotatable bonds is 9. The number of nitro groups is 1. The lowest BCUT2D eigenvalue weighted by atomic mass is 10.2. The van der Waals surface area contributed by atoms with E-state index in [1.807, 2.05) is 36.4 Å². The molecule has 0 aliphatic heterocycles. The number of carbonyl (C=O) groups excluding carboxylic acids is 1. The van der Waals surface area contributed by atoms with Gasteiger partial charge in [-0.15, -0.1) is 11.3 Å². The number of hydrogen-bond acceptors (Lipinski definition) is 7. The monoisotopic (exact) mass is 436 g/mol. The van der Waals surface area contributed by atoms with Gasteiger partial charge in [-0.3, -0.25) is 14.9 Å². The van der Waals surface area contributed by atoms with E-state index in [2.05, 4.69) is 15.6 Å². The van der Waals surface area contributed by atoms with E-state index in [-0.39, 0.29) is 11.6 Å². The second-order valence-electron chi connectivity index (χ2n) is 6.86. The number of amides is 1. The van der Waals surface area contributed by atoms with Crippen LogP contribution < -0.4 is 10.6 Å². The highest BCUT2D eigenvalue weighted by atomic mass is 32.1. The van der Waals surface area contributed by atoms with Gasteiger partial charge in [-0.2, -0.15) is 0 Å². The Morgan fingerprint density at radius 1 is 1.10 bits per heavy atom. The number of hydrogen-bond donors (Lipinski definition) is 2. The summed E-state index contributed by atoms with van der Waals surface area (Å²) in [5.41, 5.74) is 1.77. The Hall–Kier alpha value is -3.72. The van der Waals surface area contributed by atoms with Gasteiger partial charge in [0.05, 0.1) is 21.7 Å². The zero-order valence-electron chi connectivity index (χ0n) is 16.5. The van der Waals surface area contributed by atoms with Crippen molar-refractivity contribution in [2.75, 3.05) is 11.9 Å². The molecular formula is C22H20N4O4S. The van der Waals surface area contributed by atoms with Gasteiger partial charge in [0.15, 0.2) is 10.8 Å². The van der Waals surface area contributed by atoms with Crippen LogP contribution in [0.25, 0.3) is 21.0 Å². The highest BCUT2D eigenvalue weighted by molar-refractivity contribution is 7.21. The topological polar surface area (TPSA) is 110 Å². The second kappa shape index (κ2) is 9.40. The number of non-ortho nitro benzene ring substituents is 1. The first-order valence-electron chi connectivity index (χ1n) is 9.78. The summed E-state index contributed by atoms with van der Waals surface area (Å²) >= 11 is 1.57. The summed E-state index contributed by atoms with van der Waals surface area (Å²) in [7, 11) is 0. The molecule has 0 bridgehead atoms. The molecule has 9 heteroatoms. The number of fused-ring (bicyclic) bond motifs is 1. The number of nitrogens with zero attached hydrogens (tertiary/aromatic N) is 2. The van der Waals surface area contributed by atoms with E-state index in [9.17, 15) is 14.9 Å². The lowest BCUT2D eigenvalue weighted by Gasteiger charge is -2.06. The van der Waals surface area contributed by atoms with Gasteiger partial charge in [0.2, 0.25) is 5.91 Å². The Morgan fingerprint density at radius 2 is 1.90 bits per heavy atom. The van der Waals surface area contributed by atoms with Crippen molar-refractivity contribution < 1.29 is 14.1 Å². The summed E-state index contributed by atoms with van der Waals surface area (Å²) in [6.07, 6.45) is 1.00. The fourth-order valence-electron chi connectivity index (χ4n) is 3.02. The number of furan rings is 1. The maximum atomic E-state index is 12.1. The minimum atomic E-state index is -0.435. The summed E-state index contributed by atoms with van der Waals surface area (Å²) < 4.78 is 6.94. The van der Waals surface area contributed by atoms with Gasteiger partial charge < -0.3 is 15.1 Å². The standard InChI is InChI=1S/C22H20N4O4S/c27-21(6-3-13-23-15-7-9-16(10-8-15)26(28)29)24-14-17-11-12-19(30-17)22-25-18-4-1-2-5-20(18)31-22/h1-2,4-5,7-12,23H,3,6,13-14H2,(H,24,27). The normalized spacial score (nSPS) is 10.8. The fraction of sp³-hybridized carbons (Fsp3) is 0.182. The van der Waals surface area contributed by atoms with Crippen LogP contribution in [-0.2, 0) is 11.3 Å². The van der Waals surface area contributed by atoms with Gasteiger partial charge in [0, 0.05) is 30.8 Å². The highest BCUT2D eigenvalue weighted by Crippen LogP contribution is 2.31. The number of nitro benzene ring substituents is 1. The summed E-state index contributed by atoms with van der Waals surface area (Å²) in [6.45, 7) is 0.910. The van der Waals surface area contributed by atoms with Crippen LogP contribution in [0.5, 0.6) is 0 Å². The molecule has 0 unspecified atom stereocenters. The average Bonchev–Trinajstić information content (AvgIpc) is 3.42. The molecule has 8 nitrogen and oxygen atoms in total. The average molecular weight is 436 g/mol. The van der Waals surface area contributed by atoms with Crippen molar-refractivity contribution in [1.82, 2.24) is 10.3 Å². The lowest BCUT2D eigenvalue weighted by molar-refractivity contribution is -0.384. The molecule has 1 amide bonds. The molecule has 2 N–H and O–H groups in total. The van der Waals surface area contributed by atoms with Crippen LogP contribution in [0.1, 0.15) is 18.6 Å². The first kappa shape index (κ1) is 20.5. The number of para-hydroxylation sites is 1. The van der Waals surface area contributed by atoms with Gasteiger partial charge >= 0.3 is 0 Å². The molecule has 4 aromatic rings. The van der Waals surface area contributed by atoms with E-state index in [1.54, 1.807) is 23.5 Å². The van der Waals surface area contributed by atoms with Crippen LogP contribution in [0.15, 0.2) is 65.1 Å². The Balaban J connectivity index is 1.20. The molecule has 2 aromatic heterocycles. The predicted octanol–water partition coefficient (Wildman–Crippen LogP) is 4.97. The molecule has 0 spiro atoms. The van der Waals surface area contributed by atoms with E-state index in [0.29, 0.717) is 37.5 Å². The van der Waals surface area contributed by atoms with Crippen molar-refractivity contribution in [3.8, 4) is 10.8 Å². The maximum absolute atomic E-state index is 12.1. The summed E-state index contributed by atoms with van der Waals surface area (Å²) in [6, 6.07) is 17.8. The summed E-state index contributed by atoms with van der Waals surface area (Å²) in [5.74, 6) is 1.30. The van der Waals surface area contributed by atoms with E-state index >= 15 is 0 Å². The number of aromatic nitrogens is 1. The quantitative estimate of drug-likeness (QED) is 0.218. The fourth-order valence-corrected chi connectivity index (χ4v) is 3.95. The Kier molecular flexibility index (Phi) is 6.23. The third-order valence-electron chi connectivity index (χ3n) is 4.61. The van der Waals surface area contributed by atoms with Crippen LogP contribution in [0, 0.1) is 10.1 Å². The first-order chi connectivity index (χ1) is 15.1. The molecule has 2 heterocycles. The van der Waals surface area contributed by atoms with Crippen molar-refractivity contribution in [2.45, 2.75) is 19.4 Å². The molecule has 0 aliphatic carbocycles. The van der Waals surface area contributed by atoms with Gasteiger partial charge in [0.25, 0.3) is 5.69 Å². The zero-order chi connectivity index (χ0) is 21.6. The molecule has 2 aromatic carbocycles. The smallest absolute Gasteiger partial charge is 0.269 e. The second-order valence-corrected chi connectivity index (χ2v) is 7.89. The van der Waals surface area contributed by atoms with Crippen molar-refractivity contribution >= 4 is 38.8 Å². The van der Waals surface area contributed by atoms with Crippen molar-refractivity contribution in [2.24, 2.45) is 0 Å². The Morgan fingerprint density at radius 3 is 2.68 bits per heavy atom. The minimum absolute atomic E-state index is 0.0501. The SMILES string of the molecule is O=C(CCCNc1ccc([N+](=O)[O-])cc1)NCc1ccc(-c2nc3ccccc3s2)o1. The van der Waals surface area contributed by atoms with E-state index in [0.717, 1.165) is 20.9 Å². The Labute approximate surface area is 182 Å². The molecule has 158 valence electrons. The first-order valence-corrected chi connectivity index (χ1v) is 10.6.